The van der Waals surface area contributed by atoms with Crippen LogP contribution in [0.15, 0.2) is 28.9 Å². The molecule has 0 saturated heterocycles. The molecule has 0 atom stereocenters. The van der Waals surface area contributed by atoms with Crippen molar-refractivity contribution in [2.75, 3.05) is 5.88 Å². The number of allylic oxidation sites excluding steroid dienone is 1. The zero-order valence-corrected chi connectivity index (χ0v) is 5.64. The first-order valence-electron chi connectivity index (χ1n) is 2.69. The molecule has 0 aromatic carbocycles. The van der Waals surface area contributed by atoms with Gasteiger partial charge in [-0.25, -0.2) is 0 Å². The smallest absolute Gasteiger partial charge is 0.126 e. The van der Waals surface area contributed by atoms with E-state index < -0.39 is 0 Å². The lowest BCUT2D eigenvalue weighted by atomic mass is 10.4. The highest BCUT2D eigenvalue weighted by molar-refractivity contribution is 6.19. The predicted molar refractivity (Wildman–Crippen MR) is 38.5 cm³/mol. The summed E-state index contributed by atoms with van der Waals surface area (Å²) in [5.41, 5.74) is 0. The Balaban J connectivity index is 2.57. The molecule has 1 aromatic heterocycles. The molecule has 0 N–H and O–H groups in total. The van der Waals surface area contributed by atoms with E-state index in [2.05, 4.69) is 0 Å². The molecule has 0 radical (unpaired) electrons. The van der Waals surface area contributed by atoms with Crippen molar-refractivity contribution in [1.29, 1.82) is 0 Å². The average molecular weight is 143 g/mol. The van der Waals surface area contributed by atoms with Gasteiger partial charge in [0.1, 0.15) is 5.76 Å². The van der Waals surface area contributed by atoms with Crippen LogP contribution in [0.3, 0.4) is 0 Å². The summed E-state index contributed by atoms with van der Waals surface area (Å²) in [6, 6.07) is 3.72. The van der Waals surface area contributed by atoms with Crippen molar-refractivity contribution in [2.45, 2.75) is 0 Å². The molecule has 1 nitrogen and oxygen atoms in total. The molecule has 0 amide bonds. The highest BCUT2D eigenvalue weighted by Crippen LogP contribution is 2.01. The van der Waals surface area contributed by atoms with Crippen LogP contribution in [0.2, 0.25) is 0 Å². The van der Waals surface area contributed by atoms with Gasteiger partial charge in [-0.05, 0) is 18.2 Å². The van der Waals surface area contributed by atoms with Crippen molar-refractivity contribution >= 4 is 17.7 Å². The second-order valence-corrected chi connectivity index (χ2v) is 1.88. The van der Waals surface area contributed by atoms with Crippen molar-refractivity contribution in [1.82, 2.24) is 0 Å². The van der Waals surface area contributed by atoms with E-state index in [0.29, 0.717) is 5.88 Å². The van der Waals surface area contributed by atoms with Gasteiger partial charge in [-0.2, -0.15) is 0 Å². The number of alkyl halides is 1. The van der Waals surface area contributed by atoms with E-state index in [9.17, 15) is 0 Å². The summed E-state index contributed by atoms with van der Waals surface area (Å²) >= 11 is 5.39. The standard InChI is InChI=1S/C7H7ClO/c8-5-1-3-7-4-2-6-9-7/h1-4,6H,5H2/b3-1+. The molecule has 0 aliphatic carbocycles. The molecular weight excluding hydrogens is 136 g/mol. The largest absolute Gasteiger partial charge is 0.465 e. The lowest BCUT2D eigenvalue weighted by Crippen LogP contribution is -1.60. The van der Waals surface area contributed by atoms with Gasteiger partial charge in [0.25, 0.3) is 0 Å². The van der Waals surface area contributed by atoms with E-state index in [1.165, 1.54) is 0 Å². The normalized spacial score (nSPS) is 10.8. The van der Waals surface area contributed by atoms with Crippen LogP contribution >= 0.6 is 11.6 Å². The van der Waals surface area contributed by atoms with Gasteiger partial charge in [-0.15, -0.1) is 11.6 Å². The Morgan fingerprint density at radius 3 is 3.11 bits per heavy atom. The zero-order valence-electron chi connectivity index (χ0n) is 4.88. The molecule has 0 fully saturated rings. The maximum atomic E-state index is 5.39. The summed E-state index contributed by atoms with van der Waals surface area (Å²) in [5, 5.41) is 0. The van der Waals surface area contributed by atoms with Crippen LogP contribution in [0.1, 0.15) is 5.76 Å². The number of hydrogen-bond acceptors (Lipinski definition) is 1. The summed E-state index contributed by atoms with van der Waals surface area (Å²) in [6.45, 7) is 0. The molecule has 1 rings (SSSR count). The van der Waals surface area contributed by atoms with Crippen LogP contribution in [0, 0.1) is 0 Å². The topological polar surface area (TPSA) is 13.1 Å². The number of halogens is 1. The molecule has 0 spiro atoms. The van der Waals surface area contributed by atoms with E-state index in [1.54, 1.807) is 6.26 Å². The lowest BCUT2D eigenvalue weighted by molar-refractivity contribution is 0.557. The minimum Gasteiger partial charge on any atom is -0.465 e. The summed E-state index contributed by atoms with van der Waals surface area (Å²) in [5.74, 6) is 1.37. The number of hydrogen-bond donors (Lipinski definition) is 0. The van der Waals surface area contributed by atoms with Gasteiger partial charge < -0.3 is 4.42 Å². The summed E-state index contributed by atoms with van der Waals surface area (Å²) in [7, 11) is 0. The number of furan rings is 1. The maximum Gasteiger partial charge on any atom is 0.126 e. The second kappa shape index (κ2) is 3.36. The number of rotatable bonds is 2. The second-order valence-electron chi connectivity index (χ2n) is 1.57. The van der Waals surface area contributed by atoms with Crippen LogP contribution in [0.4, 0.5) is 0 Å². The van der Waals surface area contributed by atoms with Crippen LogP contribution in [-0.4, -0.2) is 5.88 Å². The quantitative estimate of drug-likeness (QED) is 0.579. The minimum atomic E-state index is 0.528. The van der Waals surface area contributed by atoms with Gasteiger partial charge in [-0.3, -0.25) is 0 Å². The van der Waals surface area contributed by atoms with Gasteiger partial charge in [-0.1, -0.05) is 6.08 Å². The maximum absolute atomic E-state index is 5.39. The Morgan fingerprint density at radius 1 is 1.67 bits per heavy atom. The fraction of sp³-hybridized carbons (Fsp3) is 0.143. The Morgan fingerprint density at radius 2 is 2.56 bits per heavy atom. The zero-order chi connectivity index (χ0) is 6.53. The highest BCUT2D eigenvalue weighted by Gasteiger charge is 1.83. The van der Waals surface area contributed by atoms with Crippen molar-refractivity contribution in [3.8, 4) is 0 Å². The highest BCUT2D eigenvalue weighted by atomic mass is 35.5. The fourth-order valence-corrected chi connectivity index (χ4v) is 0.636. The van der Waals surface area contributed by atoms with Gasteiger partial charge in [0, 0.05) is 5.88 Å². The van der Waals surface area contributed by atoms with E-state index in [-0.39, 0.29) is 0 Å². The molecule has 48 valence electrons. The first-order valence-corrected chi connectivity index (χ1v) is 3.23. The van der Waals surface area contributed by atoms with Crippen LogP contribution in [0.25, 0.3) is 6.08 Å². The Hall–Kier alpha value is -0.690. The van der Waals surface area contributed by atoms with Gasteiger partial charge in [0.2, 0.25) is 0 Å². The van der Waals surface area contributed by atoms with Crippen molar-refractivity contribution in [3.63, 3.8) is 0 Å². The van der Waals surface area contributed by atoms with Crippen molar-refractivity contribution < 1.29 is 4.42 Å². The Labute approximate surface area is 58.9 Å². The van der Waals surface area contributed by atoms with Gasteiger partial charge in [0.05, 0.1) is 6.26 Å². The van der Waals surface area contributed by atoms with Gasteiger partial charge in [0.15, 0.2) is 0 Å². The third-order valence-corrected chi connectivity index (χ3v) is 1.09. The molecule has 1 heterocycles. The monoisotopic (exact) mass is 142 g/mol. The average Bonchev–Trinajstić information content (AvgIpc) is 2.34. The molecule has 0 saturated carbocycles. The van der Waals surface area contributed by atoms with Crippen LogP contribution < -0.4 is 0 Å². The van der Waals surface area contributed by atoms with E-state index >= 15 is 0 Å². The van der Waals surface area contributed by atoms with Gasteiger partial charge >= 0.3 is 0 Å². The fourth-order valence-electron chi connectivity index (χ4n) is 0.547. The minimum absolute atomic E-state index is 0.528. The third kappa shape index (κ3) is 1.94. The molecule has 2 heteroatoms. The third-order valence-electron chi connectivity index (χ3n) is 0.914. The van der Waals surface area contributed by atoms with E-state index in [0.717, 1.165) is 5.76 Å². The molecule has 9 heavy (non-hydrogen) atoms. The van der Waals surface area contributed by atoms with Crippen molar-refractivity contribution in [3.05, 3.63) is 30.2 Å². The van der Waals surface area contributed by atoms with Crippen LogP contribution in [-0.2, 0) is 0 Å². The SMILES string of the molecule is ClC/C=C/c1ccco1. The van der Waals surface area contributed by atoms with E-state index in [1.807, 2.05) is 24.3 Å². The predicted octanol–water partition coefficient (Wildman–Crippen LogP) is 2.53. The summed E-state index contributed by atoms with van der Waals surface area (Å²) in [4.78, 5) is 0. The Bertz CT molecular complexity index is 177. The molecule has 1 aromatic rings. The van der Waals surface area contributed by atoms with Crippen molar-refractivity contribution in [2.24, 2.45) is 0 Å². The molecule has 0 unspecified atom stereocenters. The summed E-state index contributed by atoms with van der Waals surface area (Å²) in [6.07, 6.45) is 5.31. The molecule has 0 aliphatic heterocycles. The van der Waals surface area contributed by atoms with E-state index in [4.69, 9.17) is 16.0 Å². The molecule has 0 aliphatic rings. The summed E-state index contributed by atoms with van der Waals surface area (Å²) < 4.78 is 4.99. The molecular formula is C7H7ClO. The molecule has 0 bridgehead atoms. The lowest BCUT2D eigenvalue weighted by Gasteiger charge is -1.78. The first kappa shape index (κ1) is 6.43. The first-order chi connectivity index (χ1) is 4.43. The van der Waals surface area contributed by atoms with Crippen LogP contribution in [0.5, 0.6) is 0 Å². The Kier molecular flexibility index (Phi) is 2.40.